The zero-order valence-electron chi connectivity index (χ0n) is 11.4. The third kappa shape index (κ3) is 3.82. The van der Waals surface area contributed by atoms with Crippen LogP contribution in [0.2, 0.25) is 0 Å². The Hall–Kier alpha value is -1.82. The molecule has 0 saturated carbocycles. The number of esters is 1. The fourth-order valence-corrected chi connectivity index (χ4v) is 1.60. The van der Waals surface area contributed by atoms with Gasteiger partial charge in [0.25, 0.3) is 0 Å². The van der Waals surface area contributed by atoms with Crippen molar-refractivity contribution < 1.29 is 19.1 Å². The van der Waals surface area contributed by atoms with Gasteiger partial charge >= 0.3 is 5.97 Å². The summed E-state index contributed by atoms with van der Waals surface area (Å²) in [7, 11) is 0. The molecule has 0 aliphatic heterocycles. The van der Waals surface area contributed by atoms with Gasteiger partial charge in [-0.25, -0.2) is 4.79 Å². The van der Waals surface area contributed by atoms with E-state index in [-0.39, 0.29) is 24.7 Å². The molecule has 0 atom stereocenters. The van der Waals surface area contributed by atoms with Gasteiger partial charge in [0, 0.05) is 6.07 Å². The highest BCUT2D eigenvalue weighted by Crippen LogP contribution is 2.16. The van der Waals surface area contributed by atoms with E-state index in [9.17, 15) is 14.7 Å². The molecule has 0 spiro atoms. The predicted molar refractivity (Wildman–Crippen MR) is 69.2 cm³/mol. The van der Waals surface area contributed by atoms with Crippen molar-refractivity contribution in [3.8, 4) is 5.75 Å². The maximum Gasteiger partial charge on any atom is 0.374 e. The van der Waals surface area contributed by atoms with Crippen molar-refractivity contribution in [2.75, 3.05) is 19.7 Å². The molecule has 0 bridgehead atoms. The average Bonchev–Trinajstić information content (AvgIpc) is 2.40. The molecule has 0 unspecified atom stereocenters. The van der Waals surface area contributed by atoms with Crippen molar-refractivity contribution in [1.29, 1.82) is 0 Å². The molecule has 0 fully saturated rings. The predicted octanol–water partition coefficient (Wildman–Crippen LogP) is 1.36. The van der Waals surface area contributed by atoms with Crippen molar-refractivity contribution >= 4 is 5.97 Å². The van der Waals surface area contributed by atoms with Gasteiger partial charge in [0.05, 0.1) is 13.2 Å². The zero-order valence-corrected chi connectivity index (χ0v) is 11.4. The number of ether oxygens (including phenoxy) is 1. The molecule has 0 radical (unpaired) electrons. The maximum absolute atomic E-state index is 11.6. The van der Waals surface area contributed by atoms with Crippen LogP contribution in [0.15, 0.2) is 15.3 Å². The minimum Gasteiger partial charge on any atom is -0.502 e. The summed E-state index contributed by atoms with van der Waals surface area (Å²) >= 11 is 0. The van der Waals surface area contributed by atoms with E-state index in [1.807, 2.05) is 18.7 Å². The Morgan fingerprint density at radius 3 is 2.53 bits per heavy atom. The third-order valence-corrected chi connectivity index (χ3v) is 2.73. The summed E-state index contributed by atoms with van der Waals surface area (Å²) < 4.78 is 10.0. The SMILES string of the molecule is CCOC(=O)c1cc(=O)c(O)c(CN(CC)CC)o1. The molecule has 0 saturated heterocycles. The van der Waals surface area contributed by atoms with Gasteiger partial charge in [-0.05, 0) is 20.0 Å². The number of rotatable bonds is 6. The highest BCUT2D eigenvalue weighted by atomic mass is 16.5. The Balaban J connectivity index is 3.10. The first-order valence-corrected chi connectivity index (χ1v) is 6.28. The monoisotopic (exact) mass is 269 g/mol. The first kappa shape index (κ1) is 15.2. The van der Waals surface area contributed by atoms with Crippen LogP contribution >= 0.6 is 0 Å². The Morgan fingerprint density at radius 2 is 2.00 bits per heavy atom. The summed E-state index contributed by atoms with van der Waals surface area (Å²) in [4.78, 5) is 25.1. The van der Waals surface area contributed by atoms with E-state index in [0.717, 1.165) is 19.2 Å². The molecule has 0 aliphatic carbocycles. The van der Waals surface area contributed by atoms with Crippen LogP contribution in [-0.2, 0) is 11.3 Å². The minimum atomic E-state index is -0.708. The van der Waals surface area contributed by atoms with Crippen molar-refractivity contribution in [1.82, 2.24) is 4.90 Å². The van der Waals surface area contributed by atoms with Crippen LogP contribution in [0.3, 0.4) is 0 Å². The van der Waals surface area contributed by atoms with Gasteiger partial charge in [-0.15, -0.1) is 0 Å². The van der Waals surface area contributed by atoms with Gasteiger partial charge in [-0.1, -0.05) is 13.8 Å². The van der Waals surface area contributed by atoms with Crippen LogP contribution in [0.5, 0.6) is 5.75 Å². The lowest BCUT2D eigenvalue weighted by Gasteiger charge is -2.17. The summed E-state index contributed by atoms with van der Waals surface area (Å²) in [6, 6.07) is 0.944. The van der Waals surface area contributed by atoms with Crippen LogP contribution in [0.1, 0.15) is 37.1 Å². The molecule has 1 rings (SSSR count). The van der Waals surface area contributed by atoms with E-state index < -0.39 is 17.1 Å². The normalized spacial score (nSPS) is 10.7. The first-order valence-electron chi connectivity index (χ1n) is 6.28. The number of hydrogen-bond acceptors (Lipinski definition) is 6. The third-order valence-electron chi connectivity index (χ3n) is 2.73. The maximum atomic E-state index is 11.6. The van der Waals surface area contributed by atoms with Crippen LogP contribution in [-0.4, -0.2) is 35.7 Å². The Morgan fingerprint density at radius 1 is 1.37 bits per heavy atom. The van der Waals surface area contributed by atoms with Gasteiger partial charge in [-0.3, -0.25) is 9.69 Å². The minimum absolute atomic E-state index is 0.0826. The second-order valence-electron chi connectivity index (χ2n) is 3.93. The summed E-state index contributed by atoms with van der Waals surface area (Å²) in [6.07, 6.45) is 0. The van der Waals surface area contributed by atoms with Crippen molar-refractivity contribution in [3.05, 3.63) is 27.8 Å². The van der Waals surface area contributed by atoms with E-state index in [0.29, 0.717) is 0 Å². The molecule has 6 heteroatoms. The second-order valence-corrected chi connectivity index (χ2v) is 3.93. The molecule has 106 valence electrons. The quantitative estimate of drug-likeness (QED) is 0.785. The zero-order chi connectivity index (χ0) is 14.4. The summed E-state index contributed by atoms with van der Waals surface area (Å²) in [5.74, 6) is -1.27. The smallest absolute Gasteiger partial charge is 0.374 e. The number of carbonyl (C=O) groups is 1. The molecule has 1 aromatic heterocycles. The van der Waals surface area contributed by atoms with E-state index in [4.69, 9.17) is 9.15 Å². The van der Waals surface area contributed by atoms with Crippen LogP contribution in [0.4, 0.5) is 0 Å². The molecule has 0 aromatic carbocycles. The van der Waals surface area contributed by atoms with Crippen molar-refractivity contribution in [3.63, 3.8) is 0 Å². The van der Waals surface area contributed by atoms with E-state index in [1.54, 1.807) is 6.92 Å². The summed E-state index contributed by atoms with van der Waals surface area (Å²) in [5, 5.41) is 9.69. The molecule has 0 amide bonds. The summed E-state index contributed by atoms with van der Waals surface area (Å²) in [5.41, 5.74) is -0.642. The van der Waals surface area contributed by atoms with Crippen LogP contribution in [0, 0.1) is 0 Å². The number of carbonyl (C=O) groups excluding carboxylic acids is 1. The average molecular weight is 269 g/mol. The Bertz CT molecular complexity index is 490. The highest BCUT2D eigenvalue weighted by molar-refractivity contribution is 5.86. The van der Waals surface area contributed by atoms with Crippen molar-refractivity contribution in [2.24, 2.45) is 0 Å². The highest BCUT2D eigenvalue weighted by Gasteiger charge is 2.18. The lowest BCUT2D eigenvalue weighted by atomic mass is 10.3. The molecule has 1 heterocycles. The number of hydrogen-bond donors (Lipinski definition) is 1. The number of nitrogens with zero attached hydrogens (tertiary/aromatic N) is 1. The molecule has 19 heavy (non-hydrogen) atoms. The van der Waals surface area contributed by atoms with E-state index in [1.165, 1.54) is 0 Å². The van der Waals surface area contributed by atoms with Crippen molar-refractivity contribution in [2.45, 2.75) is 27.3 Å². The van der Waals surface area contributed by atoms with E-state index >= 15 is 0 Å². The fraction of sp³-hybridized carbons (Fsp3) is 0.538. The van der Waals surface area contributed by atoms with E-state index in [2.05, 4.69) is 0 Å². The second kappa shape index (κ2) is 6.94. The van der Waals surface area contributed by atoms with Gasteiger partial charge < -0.3 is 14.3 Å². The standard InChI is InChI=1S/C13H19NO5/c1-4-14(5-2)8-11-12(16)9(15)7-10(19-11)13(17)18-6-3/h7,16H,4-6,8H2,1-3H3. The molecule has 0 aliphatic rings. The lowest BCUT2D eigenvalue weighted by Crippen LogP contribution is -2.23. The first-order chi connectivity index (χ1) is 9.03. The van der Waals surface area contributed by atoms with Gasteiger partial charge in [-0.2, -0.15) is 0 Å². The molecule has 6 nitrogen and oxygen atoms in total. The largest absolute Gasteiger partial charge is 0.502 e. The molecule has 1 N–H and O–H groups in total. The fourth-order valence-electron chi connectivity index (χ4n) is 1.60. The van der Waals surface area contributed by atoms with Crippen LogP contribution in [0.25, 0.3) is 0 Å². The topological polar surface area (TPSA) is 80.0 Å². The van der Waals surface area contributed by atoms with Gasteiger partial charge in [0.1, 0.15) is 0 Å². The Labute approximate surface area is 111 Å². The van der Waals surface area contributed by atoms with Gasteiger partial charge in [0.2, 0.25) is 16.9 Å². The summed E-state index contributed by atoms with van der Waals surface area (Å²) in [6.45, 7) is 7.50. The molecular weight excluding hydrogens is 250 g/mol. The number of aromatic hydroxyl groups is 1. The molecular formula is C13H19NO5. The van der Waals surface area contributed by atoms with Crippen LogP contribution < -0.4 is 5.43 Å². The molecule has 1 aromatic rings. The lowest BCUT2D eigenvalue weighted by molar-refractivity contribution is 0.0481. The Kier molecular flexibility index (Phi) is 5.57. The van der Waals surface area contributed by atoms with Gasteiger partial charge in [0.15, 0.2) is 5.76 Å².